The lowest BCUT2D eigenvalue weighted by molar-refractivity contribution is 0.0822. The number of hydrogen-bond donors (Lipinski definition) is 1. The summed E-state index contributed by atoms with van der Waals surface area (Å²) in [6, 6.07) is 2.06. The van der Waals surface area contributed by atoms with Gasteiger partial charge in [0.15, 0.2) is 5.03 Å². The molecule has 0 aromatic carbocycles. The van der Waals surface area contributed by atoms with Crippen LogP contribution in [0, 0.1) is 5.95 Å². The van der Waals surface area contributed by atoms with Crippen molar-refractivity contribution in [3.05, 3.63) is 23.6 Å². The lowest BCUT2D eigenvalue weighted by Crippen LogP contribution is -2.41. The average Bonchev–Trinajstić information content (AvgIpc) is 2.24. The van der Waals surface area contributed by atoms with Gasteiger partial charge in [-0.05, 0) is 32.9 Å². The number of pyridine rings is 1. The third kappa shape index (κ3) is 3.97. The minimum Gasteiger partial charge on any atom is -0.345 e. The maximum Gasteiger partial charge on any atom is 0.259 e. The van der Waals surface area contributed by atoms with E-state index in [9.17, 15) is 17.6 Å². The van der Waals surface area contributed by atoms with Crippen molar-refractivity contribution in [1.29, 1.82) is 0 Å². The van der Waals surface area contributed by atoms with Gasteiger partial charge >= 0.3 is 0 Å². The first-order valence-corrected chi connectivity index (χ1v) is 7.34. The van der Waals surface area contributed by atoms with E-state index in [4.69, 9.17) is 0 Å². The highest BCUT2D eigenvalue weighted by Crippen LogP contribution is 2.17. The van der Waals surface area contributed by atoms with Crippen LogP contribution in [0.15, 0.2) is 17.2 Å². The van der Waals surface area contributed by atoms with Gasteiger partial charge in [0.05, 0.1) is 5.56 Å². The first-order valence-electron chi connectivity index (χ1n) is 5.86. The molecule has 0 aliphatic rings. The summed E-state index contributed by atoms with van der Waals surface area (Å²) < 4.78 is 40.1. The fourth-order valence-electron chi connectivity index (χ4n) is 1.48. The van der Waals surface area contributed by atoms with Crippen LogP contribution in [-0.4, -0.2) is 43.8 Å². The number of carbonyl (C=O) groups excluding carboxylic acids is 1. The topological polar surface area (TPSA) is 79.4 Å². The van der Waals surface area contributed by atoms with Crippen molar-refractivity contribution in [2.45, 2.75) is 31.3 Å². The molecule has 0 unspecified atom stereocenters. The maximum absolute atomic E-state index is 13.2. The lowest BCUT2D eigenvalue weighted by atomic mass is 10.1. The molecule has 6 nitrogen and oxygen atoms in total. The number of sulfonamides is 1. The highest BCUT2D eigenvalue weighted by atomic mass is 32.2. The molecule has 0 atom stereocenters. The summed E-state index contributed by atoms with van der Waals surface area (Å²) >= 11 is 0. The van der Waals surface area contributed by atoms with Crippen molar-refractivity contribution in [2.75, 3.05) is 14.1 Å². The Balaban J connectivity index is 3.43. The molecule has 20 heavy (non-hydrogen) atoms. The first-order chi connectivity index (χ1) is 8.94. The van der Waals surface area contributed by atoms with Gasteiger partial charge in [0.1, 0.15) is 0 Å². The van der Waals surface area contributed by atoms with Crippen LogP contribution in [0.4, 0.5) is 4.39 Å². The van der Waals surface area contributed by atoms with Gasteiger partial charge in [-0.1, -0.05) is 0 Å². The van der Waals surface area contributed by atoms with Crippen molar-refractivity contribution in [2.24, 2.45) is 0 Å². The van der Waals surface area contributed by atoms with E-state index in [1.807, 2.05) is 0 Å². The molecular weight excluding hydrogens is 285 g/mol. The zero-order valence-electron chi connectivity index (χ0n) is 12.1. The van der Waals surface area contributed by atoms with Crippen LogP contribution in [0.3, 0.4) is 0 Å². The Labute approximate surface area is 118 Å². The molecule has 0 saturated carbocycles. The molecule has 112 valence electrons. The van der Waals surface area contributed by atoms with Crippen molar-refractivity contribution in [3.8, 4) is 0 Å². The van der Waals surface area contributed by atoms with Crippen molar-refractivity contribution in [3.63, 3.8) is 0 Å². The Kier molecular flexibility index (Phi) is 4.50. The van der Waals surface area contributed by atoms with E-state index in [-0.39, 0.29) is 5.56 Å². The molecule has 0 saturated heterocycles. The fourth-order valence-corrected chi connectivity index (χ4v) is 3.03. The number of halogens is 1. The first kappa shape index (κ1) is 16.5. The molecule has 1 rings (SSSR count). The van der Waals surface area contributed by atoms with Gasteiger partial charge in [-0.3, -0.25) is 4.79 Å². The standard InChI is InChI=1S/C12H18FN3O3S/c1-12(2,3)15-20(18,19)10-8(11(17)16(4)5)6-7-9(13)14-10/h6-7,15H,1-5H3. The number of aromatic nitrogens is 1. The van der Waals surface area contributed by atoms with Gasteiger partial charge in [0, 0.05) is 19.6 Å². The number of rotatable bonds is 3. The molecule has 0 aliphatic heterocycles. The predicted molar refractivity (Wildman–Crippen MR) is 72.3 cm³/mol. The van der Waals surface area contributed by atoms with Crippen LogP contribution in [0.25, 0.3) is 0 Å². The summed E-state index contributed by atoms with van der Waals surface area (Å²) in [6.45, 7) is 4.91. The minimum atomic E-state index is -4.10. The summed E-state index contributed by atoms with van der Waals surface area (Å²) in [6.07, 6.45) is 0. The molecular formula is C12H18FN3O3S. The summed E-state index contributed by atoms with van der Waals surface area (Å²) in [5, 5.41) is -0.605. The van der Waals surface area contributed by atoms with Gasteiger partial charge in [0.2, 0.25) is 5.95 Å². The van der Waals surface area contributed by atoms with E-state index in [0.717, 1.165) is 12.1 Å². The molecule has 1 N–H and O–H groups in total. The second kappa shape index (κ2) is 5.45. The summed E-state index contributed by atoms with van der Waals surface area (Å²) in [5.74, 6) is -1.53. The zero-order chi connectivity index (χ0) is 15.7. The fraction of sp³-hybridized carbons (Fsp3) is 0.500. The molecule has 0 bridgehead atoms. The number of amides is 1. The van der Waals surface area contributed by atoms with Gasteiger partial charge in [0.25, 0.3) is 15.9 Å². The molecule has 0 aliphatic carbocycles. The molecule has 8 heteroatoms. The molecule has 1 heterocycles. The maximum atomic E-state index is 13.2. The molecule has 1 aromatic heterocycles. The SMILES string of the molecule is CN(C)C(=O)c1ccc(F)nc1S(=O)(=O)NC(C)(C)C. The van der Waals surface area contributed by atoms with E-state index >= 15 is 0 Å². The van der Waals surface area contributed by atoms with Crippen molar-refractivity contribution >= 4 is 15.9 Å². The summed E-state index contributed by atoms with van der Waals surface area (Å²) in [4.78, 5) is 16.5. The van der Waals surface area contributed by atoms with Crippen LogP contribution in [-0.2, 0) is 10.0 Å². The Hall–Kier alpha value is -1.54. The Bertz CT molecular complexity index is 621. The van der Waals surface area contributed by atoms with Gasteiger partial charge in [-0.15, -0.1) is 0 Å². The zero-order valence-corrected chi connectivity index (χ0v) is 12.9. The second-order valence-corrected chi connectivity index (χ2v) is 7.14. The molecule has 0 spiro atoms. The molecule has 1 aromatic rings. The highest BCUT2D eigenvalue weighted by molar-refractivity contribution is 7.89. The predicted octanol–water partition coefficient (Wildman–Crippen LogP) is 0.999. The number of carbonyl (C=O) groups is 1. The Morgan fingerprint density at radius 3 is 2.30 bits per heavy atom. The lowest BCUT2D eigenvalue weighted by Gasteiger charge is -2.21. The average molecular weight is 303 g/mol. The van der Waals surface area contributed by atoms with Crippen LogP contribution in [0.5, 0.6) is 0 Å². The minimum absolute atomic E-state index is 0.173. The number of nitrogens with one attached hydrogen (secondary N) is 1. The van der Waals surface area contributed by atoms with Crippen LogP contribution in [0.2, 0.25) is 0 Å². The van der Waals surface area contributed by atoms with Gasteiger partial charge in [-0.25, -0.2) is 18.1 Å². The third-order valence-corrected chi connectivity index (χ3v) is 3.86. The van der Waals surface area contributed by atoms with Crippen molar-refractivity contribution in [1.82, 2.24) is 14.6 Å². The van der Waals surface area contributed by atoms with Crippen LogP contribution < -0.4 is 4.72 Å². The Morgan fingerprint density at radius 1 is 1.30 bits per heavy atom. The smallest absolute Gasteiger partial charge is 0.259 e. The second-order valence-electron chi connectivity index (χ2n) is 5.54. The van der Waals surface area contributed by atoms with Gasteiger partial charge < -0.3 is 4.90 Å². The third-order valence-electron chi connectivity index (χ3n) is 2.16. The van der Waals surface area contributed by atoms with Crippen molar-refractivity contribution < 1.29 is 17.6 Å². The van der Waals surface area contributed by atoms with Gasteiger partial charge in [-0.2, -0.15) is 4.39 Å². The monoisotopic (exact) mass is 303 g/mol. The largest absolute Gasteiger partial charge is 0.345 e. The normalized spacial score (nSPS) is 12.3. The summed E-state index contributed by atoms with van der Waals surface area (Å²) in [5.41, 5.74) is -0.946. The number of nitrogens with zero attached hydrogens (tertiary/aromatic N) is 2. The van der Waals surface area contributed by atoms with E-state index in [1.54, 1.807) is 20.8 Å². The van der Waals surface area contributed by atoms with E-state index in [1.165, 1.54) is 19.0 Å². The molecule has 0 fully saturated rings. The quantitative estimate of drug-likeness (QED) is 0.845. The highest BCUT2D eigenvalue weighted by Gasteiger charge is 2.29. The van der Waals surface area contributed by atoms with E-state index in [0.29, 0.717) is 0 Å². The van der Waals surface area contributed by atoms with E-state index < -0.39 is 32.4 Å². The van der Waals surface area contributed by atoms with Crippen LogP contribution in [0.1, 0.15) is 31.1 Å². The Morgan fingerprint density at radius 2 is 1.85 bits per heavy atom. The number of hydrogen-bond acceptors (Lipinski definition) is 4. The summed E-state index contributed by atoms with van der Waals surface area (Å²) in [7, 11) is -1.16. The van der Waals surface area contributed by atoms with Crippen LogP contribution >= 0.6 is 0 Å². The molecule has 0 radical (unpaired) electrons. The van der Waals surface area contributed by atoms with E-state index in [2.05, 4.69) is 9.71 Å². The molecule has 1 amide bonds.